The maximum Gasteiger partial charge on any atom is 0.250 e. The van der Waals surface area contributed by atoms with Gasteiger partial charge in [0.1, 0.15) is 0 Å². The third kappa shape index (κ3) is 4.92. The van der Waals surface area contributed by atoms with E-state index in [1.165, 1.54) is 16.2 Å². The minimum Gasteiger partial charge on any atom is -0.333 e. The molecule has 27 heavy (non-hydrogen) atoms. The first-order valence-corrected chi connectivity index (χ1v) is 8.86. The van der Waals surface area contributed by atoms with Gasteiger partial charge < -0.3 is 20.2 Å². The average molecular weight is 365 g/mol. The van der Waals surface area contributed by atoms with Crippen LogP contribution in [0.5, 0.6) is 0 Å². The van der Waals surface area contributed by atoms with Gasteiger partial charge in [-0.25, -0.2) is 4.98 Å². The lowest BCUT2D eigenvalue weighted by atomic mass is 10.1. The number of amides is 1. The van der Waals surface area contributed by atoms with E-state index in [0.717, 1.165) is 5.69 Å². The molecule has 140 valence electrons. The molecule has 0 radical (unpaired) electrons. The fourth-order valence-corrected chi connectivity index (χ4v) is 2.80. The number of carbonyl (C=O) groups is 1. The summed E-state index contributed by atoms with van der Waals surface area (Å²) in [7, 11) is 0. The maximum atomic E-state index is 12.3. The number of hydrogen-bond donors (Lipinski definition) is 2. The largest absolute Gasteiger partial charge is 0.333 e. The van der Waals surface area contributed by atoms with Crippen LogP contribution in [0.1, 0.15) is 18.2 Å². The van der Waals surface area contributed by atoms with Crippen molar-refractivity contribution < 1.29 is 4.79 Å². The molecular formula is C20H23N5O2. The van der Waals surface area contributed by atoms with Crippen molar-refractivity contribution in [2.75, 3.05) is 5.32 Å². The number of aromatic nitrogens is 3. The van der Waals surface area contributed by atoms with E-state index in [-0.39, 0.29) is 11.5 Å². The molecule has 2 aromatic heterocycles. The summed E-state index contributed by atoms with van der Waals surface area (Å²) in [5, 5.41) is 2.75. The predicted octanol–water partition coefficient (Wildman–Crippen LogP) is 1.62. The summed E-state index contributed by atoms with van der Waals surface area (Å²) in [4.78, 5) is 28.3. The number of hydrogen-bond acceptors (Lipinski definition) is 4. The molecule has 0 fully saturated rings. The third-order valence-electron chi connectivity index (χ3n) is 4.25. The van der Waals surface area contributed by atoms with Gasteiger partial charge in [-0.3, -0.25) is 9.59 Å². The van der Waals surface area contributed by atoms with Crippen LogP contribution in [-0.4, -0.2) is 26.1 Å². The molecule has 0 spiro atoms. The second kappa shape index (κ2) is 8.46. The molecule has 0 saturated heterocycles. The SMILES string of the molecule is CCn1cc(NC(=O)[C@@H](N)Cc2cn(Cc3ccccc3)cn2)ccc1=O. The number of nitrogens with two attached hydrogens (primary N) is 1. The standard InChI is InChI=1S/C20H23N5O2/c1-2-25-13-16(8-9-19(25)26)23-20(27)18(21)10-17-12-24(14-22-17)11-15-6-4-3-5-7-15/h3-9,12-14,18H,2,10-11,21H2,1H3,(H,23,27)/t18-/m0/s1. The fraction of sp³-hybridized carbons (Fsp3) is 0.250. The van der Waals surface area contributed by atoms with E-state index < -0.39 is 6.04 Å². The second-order valence-corrected chi connectivity index (χ2v) is 6.36. The molecule has 0 aliphatic heterocycles. The molecule has 0 aliphatic carbocycles. The first-order valence-electron chi connectivity index (χ1n) is 8.86. The Morgan fingerprint density at radius 3 is 2.70 bits per heavy atom. The summed E-state index contributed by atoms with van der Waals surface area (Å²) in [5.41, 5.74) is 8.40. The molecule has 3 N–H and O–H groups in total. The van der Waals surface area contributed by atoms with Gasteiger partial charge in [0.15, 0.2) is 0 Å². The van der Waals surface area contributed by atoms with Crippen LogP contribution in [-0.2, 0) is 24.3 Å². The second-order valence-electron chi connectivity index (χ2n) is 6.36. The Balaban J connectivity index is 1.59. The summed E-state index contributed by atoms with van der Waals surface area (Å²) < 4.78 is 3.48. The zero-order valence-corrected chi connectivity index (χ0v) is 15.2. The first kappa shape index (κ1) is 18.6. The highest BCUT2D eigenvalue weighted by atomic mass is 16.2. The first-order chi connectivity index (χ1) is 13.0. The van der Waals surface area contributed by atoms with Gasteiger partial charge >= 0.3 is 0 Å². The monoisotopic (exact) mass is 365 g/mol. The quantitative estimate of drug-likeness (QED) is 0.665. The van der Waals surface area contributed by atoms with Crippen LogP contribution in [0, 0.1) is 0 Å². The van der Waals surface area contributed by atoms with Crippen LogP contribution in [0.2, 0.25) is 0 Å². The summed E-state index contributed by atoms with van der Waals surface area (Å²) in [6.07, 6.45) is 5.59. The fourth-order valence-electron chi connectivity index (χ4n) is 2.80. The van der Waals surface area contributed by atoms with E-state index in [1.54, 1.807) is 18.6 Å². The van der Waals surface area contributed by atoms with Crippen molar-refractivity contribution in [2.45, 2.75) is 32.5 Å². The predicted molar refractivity (Wildman–Crippen MR) is 104 cm³/mol. The molecule has 0 bridgehead atoms. The van der Waals surface area contributed by atoms with Gasteiger partial charge in [-0.2, -0.15) is 0 Å². The van der Waals surface area contributed by atoms with Crippen LogP contribution >= 0.6 is 0 Å². The van der Waals surface area contributed by atoms with Crippen molar-refractivity contribution >= 4 is 11.6 Å². The zero-order valence-electron chi connectivity index (χ0n) is 15.2. The number of rotatable bonds is 7. The molecule has 1 amide bonds. The minimum atomic E-state index is -0.730. The molecule has 1 atom stereocenters. The Hall–Kier alpha value is -3.19. The third-order valence-corrected chi connectivity index (χ3v) is 4.25. The zero-order chi connectivity index (χ0) is 19.2. The summed E-state index contributed by atoms with van der Waals surface area (Å²) in [6.45, 7) is 3.12. The lowest BCUT2D eigenvalue weighted by molar-refractivity contribution is -0.117. The molecule has 3 aromatic rings. The van der Waals surface area contributed by atoms with Crippen molar-refractivity contribution in [3.63, 3.8) is 0 Å². The Morgan fingerprint density at radius 2 is 1.96 bits per heavy atom. The van der Waals surface area contributed by atoms with E-state index in [2.05, 4.69) is 22.4 Å². The average Bonchev–Trinajstić information content (AvgIpc) is 3.10. The van der Waals surface area contributed by atoms with Gasteiger partial charge in [-0.05, 0) is 18.6 Å². The highest BCUT2D eigenvalue weighted by molar-refractivity contribution is 5.94. The molecular weight excluding hydrogens is 342 g/mol. The number of aryl methyl sites for hydroxylation is 1. The van der Waals surface area contributed by atoms with E-state index in [1.807, 2.05) is 35.9 Å². The number of carbonyl (C=O) groups excluding carboxylic acids is 1. The Labute approximate surface area is 157 Å². The number of benzene rings is 1. The molecule has 7 nitrogen and oxygen atoms in total. The number of nitrogens with zero attached hydrogens (tertiary/aromatic N) is 3. The minimum absolute atomic E-state index is 0.108. The number of nitrogens with one attached hydrogen (secondary N) is 1. The lowest BCUT2D eigenvalue weighted by Crippen LogP contribution is -2.37. The molecule has 7 heteroatoms. The summed E-state index contributed by atoms with van der Waals surface area (Å²) in [6, 6.07) is 12.3. The van der Waals surface area contributed by atoms with Gasteiger partial charge in [-0.15, -0.1) is 0 Å². The Kier molecular flexibility index (Phi) is 5.83. The van der Waals surface area contributed by atoms with Crippen LogP contribution in [0.25, 0.3) is 0 Å². The molecule has 3 rings (SSSR count). The Bertz CT molecular complexity index is 962. The smallest absolute Gasteiger partial charge is 0.250 e. The van der Waals surface area contributed by atoms with Crippen molar-refractivity contribution in [1.82, 2.24) is 14.1 Å². The van der Waals surface area contributed by atoms with Crippen LogP contribution in [0.4, 0.5) is 5.69 Å². The van der Waals surface area contributed by atoms with Gasteiger partial charge in [0, 0.05) is 38.0 Å². The van der Waals surface area contributed by atoms with Crippen LogP contribution in [0.3, 0.4) is 0 Å². The van der Waals surface area contributed by atoms with Gasteiger partial charge in [0.25, 0.3) is 5.56 Å². The van der Waals surface area contributed by atoms with Crippen molar-refractivity contribution in [3.8, 4) is 0 Å². The summed E-state index contributed by atoms with van der Waals surface area (Å²) >= 11 is 0. The highest BCUT2D eigenvalue weighted by Crippen LogP contribution is 2.08. The normalized spacial score (nSPS) is 11.9. The summed E-state index contributed by atoms with van der Waals surface area (Å²) in [5.74, 6) is -0.311. The highest BCUT2D eigenvalue weighted by Gasteiger charge is 2.16. The van der Waals surface area contributed by atoms with E-state index >= 15 is 0 Å². The van der Waals surface area contributed by atoms with Crippen LogP contribution < -0.4 is 16.6 Å². The van der Waals surface area contributed by atoms with Crippen molar-refractivity contribution in [3.05, 3.63) is 82.8 Å². The number of pyridine rings is 1. The molecule has 0 unspecified atom stereocenters. The van der Waals surface area contributed by atoms with Crippen molar-refractivity contribution in [2.24, 2.45) is 5.73 Å². The van der Waals surface area contributed by atoms with Gasteiger partial charge in [-0.1, -0.05) is 30.3 Å². The Morgan fingerprint density at radius 1 is 1.19 bits per heavy atom. The lowest BCUT2D eigenvalue weighted by Gasteiger charge is -2.12. The molecule has 1 aromatic carbocycles. The number of anilines is 1. The van der Waals surface area contributed by atoms with Gasteiger partial charge in [0.05, 0.1) is 23.8 Å². The van der Waals surface area contributed by atoms with Crippen LogP contribution in [0.15, 0.2) is 66.0 Å². The molecule has 0 saturated carbocycles. The molecule has 2 heterocycles. The van der Waals surface area contributed by atoms with E-state index in [9.17, 15) is 9.59 Å². The maximum absolute atomic E-state index is 12.3. The molecule has 0 aliphatic rings. The van der Waals surface area contributed by atoms with Crippen molar-refractivity contribution in [1.29, 1.82) is 0 Å². The van der Waals surface area contributed by atoms with Gasteiger partial charge in [0.2, 0.25) is 5.91 Å². The van der Waals surface area contributed by atoms with E-state index in [4.69, 9.17) is 5.73 Å². The number of imidazole rings is 1. The van der Waals surface area contributed by atoms with E-state index in [0.29, 0.717) is 25.2 Å². The topological polar surface area (TPSA) is 94.9 Å².